The Morgan fingerprint density at radius 3 is 2.38 bits per heavy atom. The van der Waals surface area contributed by atoms with E-state index in [1.807, 2.05) is 6.20 Å². The van der Waals surface area contributed by atoms with Gasteiger partial charge in [0.2, 0.25) is 0 Å². The Morgan fingerprint density at radius 2 is 1.94 bits per heavy atom. The third kappa shape index (κ3) is 3.60. The lowest BCUT2D eigenvalue weighted by Gasteiger charge is -2.23. The zero-order valence-electron chi connectivity index (χ0n) is 10.9. The van der Waals surface area contributed by atoms with Gasteiger partial charge in [0.25, 0.3) is 0 Å². The maximum absolute atomic E-state index is 6.18. The summed E-state index contributed by atoms with van der Waals surface area (Å²) in [5, 5.41) is 0. The number of hydrogen-bond acceptors (Lipinski definition) is 2. The normalized spacial score (nSPS) is 15.1. The Hall–Kier alpha value is -0.890. The number of aryl methyl sites for hydroxylation is 1. The number of aromatic nitrogens is 1. The molecule has 0 aliphatic carbocycles. The van der Waals surface area contributed by atoms with Crippen LogP contribution in [0.15, 0.2) is 18.3 Å². The lowest BCUT2D eigenvalue weighted by Crippen LogP contribution is -2.33. The predicted molar refractivity (Wildman–Crippen MR) is 69.3 cm³/mol. The SMILES string of the molecule is CCc1ccc(CC(N)C(C)C(C)C)nc1. The second kappa shape index (κ2) is 6.00. The maximum Gasteiger partial charge on any atom is 0.0419 e. The summed E-state index contributed by atoms with van der Waals surface area (Å²) in [5.41, 5.74) is 8.58. The van der Waals surface area contributed by atoms with Crippen molar-refractivity contribution >= 4 is 0 Å². The Morgan fingerprint density at radius 1 is 1.25 bits per heavy atom. The number of nitrogens with two attached hydrogens (primary N) is 1. The summed E-state index contributed by atoms with van der Waals surface area (Å²) in [5.74, 6) is 1.16. The zero-order valence-corrected chi connectivity index (χ0v) is 10.9. The van der Waals surface area contributed by atoms with Gasteiger partial charge in [0, 0.05) is 24.4 Å². The van der Waals surface area contributed by atoms with Crippen LogP contribution in [0.1, 0.15) is 39.0 Å². The first-order valence-corrected chi connectivity index (χ1v) is 6.24. The second-order valence-electron chi connectivity index (χ2n) is 4.98. The fourth-order valence-corrected chi connectivity index (χ4v) is 1.71. The Kier molecular flexibility index (Phi) is 4.94. The maximum atomic E-state index is 6.18. The van der Waals surface area contributed by atoms with Gasteiger partial charge in [-0.05, 0) is 29.9 Å². The molecule has 1 aromatic rings. The molecule has 90 valence electrons. The van der Waals surface area contributed by atoms with E-state index in [1.165, 1.54) is 5.56 Å². The molecule has 2 unspecified atom stereocenters. The largest absolute Gasteiger partial charge is 0.327 e. The van der Waals surface area contributed by atoms with Crippen molar-refractivity contribution in [1.29, 1.82) is 0 Å². The highest BCUT2D eigenvalue weighted by molar-refractivity contribution is 5.14. The number of hydrogen-bond donors (Lipinski definition) is 1. The molecular weight excluding hydrogens is 196 g/mol. The lowest BCUT2D eigenvalue weighted by molar-refractivity contribution is 0.343. The first-order chi connectivity index (χ1) is 7.54. The van der Waals surface area contributed by atoms with E-state index in [4.69, 9.17) is 5.73 Å². The van der Waals surface area contributed by atoms with E-state index in [-0.39, 0.29) is 6.04 Å². The third-order valence-electron chi connectivity index (χ3n) is 3.47. The molecular formula is C14H24N2. The summed E-state index contributed by atoms with van der Waals surface area (Å²) in [7, 11) is 0. The molecule has 0 fully saturated rings. The average molecular weight is 220 g/mol. The Labute approximate surface area is 99.3 Å². The quantitative estimate of drug-likeness (QED) is 0.828. The molecule has 2 nitrogen and oxygen atoms in total. The van der Waals surface area contributed by atoms with E-state index in [0.29, 0.717) is 11.8 Å². The smallest absolute Gasteiger partial charge is 0.0419 e. The minimum atomic E-state index is 0.208. The van der Waals surface area contributed by atoms with Crippen LogP contribution in [-0.2, 0) is 12.8 Å². The molecule has 0 amide bonds. The molecule has 0 aromatic carbocycles. The van der Waals surface area contributed by atoms with Crippen LogP contribution >= 0.6 is 0 Å². The molecule has 2 heteroatoms. The molecule has 0 saturated carbocycles. The van der Waals surface area contributed by atoms with E-state index in [9.17, 15) is 0 Å². The molecule has 0 aliphatic rings. The number of rotatable bonds is 5. The summed E-state index contributed by atoms with van der Waals surface area (Å²) < 4.78 is 0. The molecule has 0 bridgehead atoms. The van der Waals surface area contributed by atoms with Crippen molar-refractivity contribution in [3.63, 3.8) is 0 Å². The molecule has 2 N–H and O–H groups in total. The van der Waals surface area contributed by atoms with Crippen LogP contribution in [0.3, 0.4) is 0 Å². The molecule has 2 atom stereocenters. The van der Waals surface area contributed by atoms with Gasteiger partial charge < -0.3 is 5.73 Å². The van der Waals surface area contributed by atoms with Crippen molar-refractivity contribution in [2.75, 3.05) is 0 Å². The van der Waals surface area contributed by atoms with Gasteiger partial charge in [-0.25, -0.2) is 0 Å². The molecule has 1 aromatic heterocycles. The summed E-state index contributed by atoms with van der Waals surface area (Å²) in [4.78, 5) is 4.45. The fraction of sp³-hybridized carbons (Fsp3) is 0.643. The highest BCUT2D eigenvalue weighted by Crippen LogP contribution is 2.16. The van der Waals surface area contributed by atoms with Crippen LogP contribution in [-0.4, -0.2) is 11.0 Å². The van der Waals surface area contributed by atoms with Crippen molar-refractivity contribution in [2.45, 2.75) is 46.6 Å². The zero-order chi connectivity index (χ0) is 12.1. The van der Waals surface area contributed by atoms with Crippen molar-refractivity contribution in [3.8, 4) is 0 Å². The standard InChI is InChI=1S/C14H24N2/c1-5-12-6-7-13(16-9-12)8-14(15)11(4)10(2)3/h6-7,9-11,14H,5,8,15H2,1-4H3. The van der Waals surface area contributed by atoms with Crippen molar-refractivity contribution in [1.82, 2.24) is 4.98 Å². The van der Waals surface area contributed by atoms with Gasteiger partial charge >= 0.3 is 0 Å². The van der Waals surface area contributed by atoms with Crippen LogP contribution in [0.5, 0.6) is 0 Å². The Bertz CT molecular complexity index is 303. The molecule has 1 heterocycles. The van der Waals surface area contributed by atoms with Crippen LogP contribution in [0.4, 0.5) is 0 Å². The van der Waals surface area contributed by atoms with E-state index in [2.05, 4.69) is 44.8 Å². The number of nitrogens with zero attached hydrogens (tertiary/aromatic N) is 1. The van der Waals surface area contributed by atoms with E-state index < -0.39 is 0 Å². The van der Waals surface area contributed by atoms with Crippen molar-refractivity contribution in [2.24, 2.45) is 17.6 Å². The van der Waals surface area contributed by atoms with Gasteiger partial charge in [-0.2, -0.15) is 0 Å². The van der Waals surface area contributed by atoms with E-state index in [1.54, 1.807) is 0 Å². The molecule has 0 aliphatic heterocycles. The van der Waals surface area contributed by atoms with Gasteiger partial charge in [-0.1, -0.05) is 33.8 Å². The second-order valence-corrected chi connectivity index (χ2v) is 4.98. The van der Waals surface area contributed by atoms with Crippen LogP contribution in [0, 0.1) is 11.8 Å². The van der Waals surface area contributed by atoms with Crippen molar-refractivity contribution in [3.05, 3.63) is 29.6 Å². The van der Waals surface area contributed by atoms with Gasteiger partial charge in [0.15, 0.2) is 0 Å². The fourth-order valence-electron chi connectivity index (χ4n) is 1.71. The highest BCUT2D eigenvalue weighted by atomic mass is 14.7. The first-order valence-electron chi connectivity index (χ1n) is 6.24. The lowest BCUT2D eigenvalue weighted by atomic mass is 9.88. The van der Waals surface area contributed by atoms with Crippen LogP contribution in [0.2, 0.25) is 0 Å². The number of pyridine rings is 1. The van der Waals surface area contributed by atoms with E-state index in [0.717, 1.165) is 18.5 Å². The van der Waals surface area contributed by atoms with Crippen LogP contribution in [0.25, 0.3) is 0 Å². The summed E-state index contributed by atoms with van der Waals surface area (Å²) in [6, 6.07) is 4.46. The average Bonchev–Trinajstić information content (AvgIpc) is 2.28. The van der Waals surface area contributed by atoms with Gasteiger partial charge in [-0.15, -0.1) is 0 Å². The molecule has 0 saturated heterocycles. The summed E-state index contributed by atoms with van der Waals surface area (Å²) in [6.45, 7) is 8.80. The molecule has 0 spiro atoms. The summed E-state index contributed by atoms with van der Waals surface area (Å²) >= 11 is 0. The summed E-state index contributed by atoms with van der Waals surface area (Å²) in [6.07, 6.45) is 3.88. The minimum Gasteiger partial charge on any atom is -0.327 e. The van der Waals surface area contributed by atoms with Gasteiger partial charge in [0.1, 0.15) is 0 Å². The highest BCUT2D eigenvalue weighted by Gasteiger charge is 2.16. The first kappa shape index (κ1) is 13.2. The topological polar surface area (TPSA) is 38.9 Å². The van der Waals surface area contributed by atoms with Crippen molar-refractivity contribution < 1.29 is 0 Å². The third-order valence-corrected chi connectivity index (χ3v) is 3.47. The van der Waals surface area contributed by atoms with Gasteiger partial charge in [0.05, 0.1) is 0 Å². The molecule has 1 rings (SSSR count). The van der Waals surface area contributed by atoms with Crippen LogP contribution < -0.4 is 5.73 Å². The van der Waals surface area contributed by atoms with E-state index >= 15 is 0 Å². The van der Waals surface area contributed by atoms with Gasteiger partial charge in [-0.3, -0.25) is 4.98 Å². The monoisotopic (exact) mass is 220 g/mol. The minimum absolute atomic E-state index is 0.208. The predicted octanol–water partition coefficient (Wildman–Crippen LogP) is 2.81. The molecule has 16 heavy (non-hydrogen) atoms. The molecule has 0 radical (unpaired) electrons. The Balaban J connectivity index is 2.59.